The molecule has 2 aromatic rings. The van der Waals surface area contributed by atoms with E-state index in [-0.39, 0.29) is 12.2 Å². The second-order valence-electron chi connectivity index (χ2n) is 4.79. The molecule has 2 rings (SSSR count). The van der Waals surface area contributed by atoms with Gasteiger partial charge in [0.1, 0.15) is 30.1 Å². The van der Waals surface area contributed by atoms with Crippen LogP contribution in [0.3, 0.4) is 0 Å². The molecule has 2 aromatic carbocycles. The quantitative estimate of drug-likeness (QED) is 0.758. The highest BCUT2D eigenvalue weighted by Gasteiger charge is 2.08. The molecule has 0 saturated heterocycles. The molecule has 0 atom stereocenters. The monoisotopic (exact) mass is 320 g/mol. The molecule has 0 saturated carbocycles. The Morgan fingerprint density at radius 3 is 2.25 bits per heavy atom. The number of ether oxygens (including phenoxy) is 3. The number of hydrogen-bond donors (Lipinski definition) is 0. The van der Waals surface area contributed by atoms with Crippen LogP contribution >= 0.6 is 0 Å². The molecule has 0 heterocycles. The van der Waals surface area contributed by atoms with Gasteiger partial charge in [0.05, 0.1) is 14.2 Å². The van der Waals surface area contributed by atoms with E-state index in [9.17, 15) is 0 Å². The Labute approximate surface area is 140 Å². The van der Waals surface area contributed by atoms with Crippen LogP contribution in [0.1, 0.15) is 11.1 Å². The lowest BCUT2D eigenvalue weighted by atomic mass is 10.1. The third-order valence-electron chi connectivity index (χ3n) is 3.31. The topological polar surface area (TPSA) is 75.3 Å². The third-order valence-corrected chi connectivity index (χ3v) is 3.31. The first-order chi connectivity index (χ1) is 11.7. The lowest BCUT2D eigenvalue weighted by molar-refractivity contribution is 0.278. The zero-order valence-corrected chi connectivity index (χ0v) is 13.4. The molecule has 0 fully saturated rings. The number of nitriles is 2. The van der Waals surface area contributed by atoms with Crippen molar-refractivity contribution >= 4 is 6.08 Å². The standard InChI is InChI=1S/C19H16N2O3/c1-22-17-8-7-14(9-15(11-20)12-21)10-16(17)13-24-19-6-4-3-5-18(19)23-2/h3-10H,13H2,1-2H3. The Balaban J connectivity index is 2.27. The van der Waals surface area contributed by atoms with E-state index in [0.717, 1.165) is 11.1 Å². The van der Waals surface area contributed by atoms with Crippen molar-refractivity contribution in [1.82, 2.24) is 0 Å². The van der Waals surface area contributed by atoms with Crippen molar-refractivity contribution < 1.29 is 14.2 Å². The van der Waals surface area contributed by atoms with E-state index >= 15 is 0 Å². The van der Waals surface area contributed by atoms with Crippen LogP contribution in [-0.2, 0) is 6.61 Å². The molecule has 24 heavy (non-hydrogen) atoms. The van der Waals surface area contributed by atoms with E-state index in [1.807, 2.05) is 42.5 Å². The van der Waals surface area contributed by atoms with Gasteiger partial charge in [-0.3, -0.25) is 0 Å². The second kappa shape index (κ2) is 8.26. The molecule has 0 aliphatic carbocycles. The van der Waals surface area contributed by atoms with Gasteiger partial charge < -0.3 is 14.2 Å². The molecule has 0 amide bonds. The van der Waals surface area contributed by atoms with Gasteiger partial charge in [0, 0.05) is 5.56 Å². The fourth-order valence-electron chi connectivity index (χ4n) is 2.15. The summed E-state index contributed by atoms with van der Waals surface area (Å²) in [6, 6.07) is 16.4. The zero-order valence-electron chi connectivity index (χ0n) is 13.4. The van der Waals surface area contributed by atoms with Gasteiger partial charge in [0.25, 0.3) is 0 Å². The summed E-state index contributed by atoms with van der Waals surface area (Å²) < 4.78 is 16.4. The molecule has 0 aromatic heterocycles. The maximum Gasteiger partial charge on any atom is 0.161 e. The predicted molar refractivity (Wildman–Crippen MR) is 89.5 cm³/mol. The lowest BCUT2D eigenvalue weighted by Gasteiger charge is -2.13. The van der Waals surface area contributed by atoms with Crippen LogP contribution in [0.5, 0.6) is 17.2 Å². The van der Waals surface area contributed by atoms with E-state index < -0.39 is 0 Å². The Kier molecular flexibility index (Phi) is 5.82. The first-order valence-corrected chi connectivity index (χ1v) is 7.16. The second-order valence-corrected chi connectivity index (χ2v) is 4.79. The third kappa shape index (κ3) is 4.06. The number of methoxy groups -OCH3 is 2. The summed E-state index contributed by atoms with van der Waals surface area (Å²) in [6.45, 7) is 0.264. The summed E-state index contributed by atoms with van der Waals surface area (Å²) in [5.74, 6) is 1.93. The molecule has 0 bridgehead atoms. The highest BCUT2D eigenvalue weighted by Crippen LogP contribution is 2.28. The van der Waals surface area contributed by atoms with Crippen molar-refractivity contribution in [3.63, 3.8) is 0 Å². The number of para-hydroxylation sites is 2. The number of nitrogens with zero attached hydrogens (tertiary/aromatic N) is 2. The molecular weight excluding hydrogens is 304 g/mol. The molecule has 0 spiro atoms. The zero-order chi connectivity index (χ0) is 17.4. The predicted octanol–water partition coefficient (Wildman–Crippen LogP) is 3.71. The largest absolute Gasteiger partial charge is 0.496 e. The van der Waals surface area contributed by atoms with Gasteiger partial charge in [-0.15, -0.1) is 0 Å². The highest BCUT2D eigenvalue weighted by atomic mass is 16.5. The summed E-state index contributed by atoms with van der Waals surface area (Å²) in [6.07, 6.45) is 1.52. The van der Waals surface area contributed by atoms with Gasteiger partial charge in [-0.1, -0.05) is 18.2 Å². The Bertz CT molecular complexity index is 813. The summed E-state index contributed by atoms with van der Waals surface area (Å²) in [5.41, 5.74) is 1.57. The lowest BCUT2D eigenvalue weighted by Crippen LogP contribution is -2.00. The fraction of sp³-hybridized carbons (Fsp3) is 0.158. The van der Waals surface area contributed by atoms with Crippen molar-refractivity contribution in [2.45, 2.75) is 6.61 Å². The van der Waals surface area contributed by atoms with Crippen LogP contribution < -0.4 is 14.2 Å². The summed E-state index contributed by atoms with van der Waals surface area (Å²) >= 11 is 0. The Morgan fingerprint density at radius 2 is 1.62 bits per heavy atom. The SMILES string of the molecule is COc1ccc(C=C(C#N)C#N)cc1COc1ccccc1OC. The number of rotatable bonds is 6. The van der Waals surface area contributed by atoms with Crippen LogP contribution in [0.4, 0.5) is 0 Å². The molecule has 0 N–H and O–H groups in total. The molecule has 5 nitrogen and oxygen atoms in total. The van der Waals surface area contributed by atoms with E-state index in [1.54, 1.807) is 26.4 Å². The molecule has 0 radical (unpaired) electrons. The average molecular weight is 320 g/mol. The van der Waals surface area contributed by atoms with Crippen molar-refractivity contribution in [3.8, 4) is 29.4 Å². The first kappa shape index (κ1) is 16.9. The average Bonchev–Trinajstić information content (AvgIpc) is 2.64. The number of hydrogen-bond acceptors (Lipinski definition) is 5. The normalized spacial score (nSPS) is 9.33. The van der Waals surface area contributed by atoms with Crippen LogP contribution in [0.25, 0.3) is 6.08 Å². The first-order valence-electron chi connectivity index (χ1n) is 7.16. The minimum absolute atomic E-state index is 0.0387. The van der Waals surface area contributed by atoms with Crippen molar-refractivity contribution in [3.05, 3.63) is 59.2 Å². The van der Waals surface area contributed by atoms with E-state index in [0.29, 0.717) is 17.2 Å². The molecule has 0 unspecified atom stereocenters. The summed E-state index contributed by atoms with van der Waals surface area (Å²) in [4.78, 5) is 0. The van der Waals surface area contributed by atoms with E-state index in [4.69, 9.17) is 24.7 Å². The van der Waals surface area contributed by atoms with Gasteiger partial charge in [0.2, 0.25) is 0 Å². The maximum atomic E-state index is 8.86. The molecule has 0 aliphatic rings. The van der Waals surface area contributed by atoms with Crippen molar-refractivity contribution in [2.75, 3.05) is 14.2 Å². The van der Waals surface area contributed by atoms with Crippen molar-refractivity contribution in [2.24, 2.45) is 0 Å². The summed E-state index contributed by atoms with van der Waals surface area (Å²) in [5, 5.41) is 17.7. The number of allylic oxidation sites excluding steroid dienone is 1. The van der Waals surface area contributed by atoms with Crippen LogP contribution in [-0.4, -0.2) is 14.2 Å². The minimum atomic E-state index is 0.0387. The van der Waals surface area contributed by atoms with Gasteiger partial charge in [0.15, 0.2) is 11.5 Å². The molecular formula is C19H16N2O3. The van der Waals surface area contributed by atoms with Gasteiger partial charge in [-0.05, 0) is 35.9 Å². The van der Waals surface area contributed by atoms with Crippen LogP contribution in [0.15, 0.2) is 48.0 Å². The Morgan fingerprint density at radius 1 is 0.958 bits per heavy atom. The van der Waals surface area contributed by atoms with Crippen LogP contribution in [0, 0.1) is 22.7 Å². The maximum absolute atomic E-state index is 8.86. The van der Waals surface area contributed by atoms with Gasteiger partial charge in [-0.2, -0.15) is 10.5 Å². The van der Waals surface area contributed by atoms with E-state index in [1.165, 1.54) is 6.08 Å². The van der Waals surface area contributed by atoms with Gasteiger partial charge in [-0.25, -0.2) is 0 Å². The number of benzene rings is 2. The van der Waals surface area contributed by atoms with Crippen molar-refractivity contribution in [1.29, 1.82) is 10.5 Å². The van der Waals surface area contributed by atoms with Crippen LogP contribution in [0.2, 0.25) is 0 Å². The Hall–Kier alpha value is -3.44. The molecule has 120 valence electrons. The molecule has 0 aliphatic heterocycles. The fourth-order valence-corrected chi connectivity index (χ4v) is 2.15. The summed E-state index contributed by atoms with van der Waals surface area (Å²) in [7, 11) is 3.16. The smallest absolute Gasteiger partial charge is 0.161 e. The highest BCUT2D eigenvalue weighted by molar-refractivity contribution is 5.63. The molecule has 5 heteroatoms. The van der Waals surface area contributed by atoms with E-state index in [2.05, 4.69) is 0 Å². The van der Waals surface area contributed by atoms with Gasteiger partial charge >= 0.3 is 0 Å². The minimum Gasteiger partial charge on any atom is -0.496 e.